The van der Waals surface area contributed by atoms with Crippen LogP contribution in [0.3, 0.4) is 0 Å². The number of hydrogen-bond donors (Lipinski definition) is 1. The van der Waals surface area contributed by atoms with E-state index in [9.17, 15) is 9.59 Å². The molecular formula is C20H26N2O3. The zero-order valence-electron chi connectivity index (χ0n) is 14.8. The Bertz CT molecular complexity index is 669. The maximum Gasteiger partial charge on any atom is 0.231 e. The van der Waals surface area contributed by atoms with Crippen molar-refractivity contribution in [3.63, 3.8) is 0 Å². The molecule has 2 aliphatic carbocycles. The molecule has 1 aromatic carbocycles. The number of piperidine rings is 1. The molecule has 0 radical (unpaired) electrons. The fourth-order valence-corrected chi connectivity index (χ4v) is 4.39. The monoisotopic (exact) mass is 342 g/mol. The Morgan fingerprint density at radius 3 is 2.08 bits per heavy atom. The van der Waals surface area contributed by atoms with Gasteiger partial charge in [-0.3, -0.25) is 9.59 Å². The van der Waals surface area contributed by atoms with Gasteiger partial charge in [-0.1, -0.05) is 0 Å². The number of hydrogen-bond acceptors (Lipinski definition) is 3. The fourth-order valence-electron chi connectivity index (χ4n) is 4.39. The van der Waals surface area contributed by atoms with Crippen LogP contribution in [0.2, 0.25) is 0 Å². The van der Waals surface area contributed by atoms with Crippen molar-refractivity contribution in [3.05, 3.63) is 24.3 Å². The SMILES string of the molecule is COc1ccc(NC(=O)C2(C3(C(=O)N4CCCCC4)CC3)CC2)cc1. The lowest BCUT2D eigenvalue weighted by Gasteiger charge is -2.34. The number of nitrogens with zero attached hydrogens (tertiary/aromatic N) is 1. The number of amides is 2. The van der Waals surface area contributed by atoms with E-state index in [0.717, 1.165) is 63.1 Å². The van der Waals surface area contributed by atoms with E-state index in [1.807, 2.05) is 29.2 Å². The third-order valence-electron chi connectivity index (χ3n) is 6.25. The molecule has 1 heterocycles. The highest BCUT2D eigenvalue weighted by atomic mass is 16.5. The van der Waals surface area contributed by atoms with E-state index in [1.54, 1.807) is 7.11 Å². The Morgan fingerprint density at radius 2 is 1.56 bits per heavy atom. The summed E-state index contributed by atoms with van der Waals surface area (Å²) < 4.78 is 5.15. The Hall–Kier alpha value is -2.04. The number of methoxy groups -OCH3 is 1. The number of benzene rings is 1. The Labute approximate surface area is 148 Å². The maximum atomic E-state index is 13.1. The summed E-state index contributed by atoms with van der Waals surface area (Å²) >= 11 is 0. The minimum atomic E-state index is -0.485. The molecule has 5 heteroatoms. The second-order valence-electron chi connectivity index (χ2n) is 7.70. The minimum absolute atomic E-state index is 0.0144. The average molecular weight is 342 g/mol. The van der Waals surface area contributed by atoms with Crippen LogP contribution in [-0.2, 0) is 9.59 Å². The number of rotatable bonds is 5. The van der Waals surface area contributed by atoms with Gasteiger partial charge in [0.15, 0.2) is 0 Å². The van der Waals surface area contributed by atoms with E-state index in [0.29, 0.717) is 0 Å². The summed E-state index contributed by atoms with van der Waals surface area (Å²) in [5.41, 5.74) is -0.152. The minimum Gasteiger partial charge on any atom is -0.497 e. The van der Waals surface area contributed by atoms with Gasteiger partial charge >= 0.3 is 0 Å². The van der Waals surface area contributed by atoms with Crippen LogP contribution in [0, 0.1) is 10.8 Å². The molecule has 2 saturated carbocycles. The molecule has 1 N–H and O–H groups in total. The van der Waals surface area contributed by atoms with Crippen molar-refractivity contribution in [1.82, 2.24) is 4.90 Å². The molecule has 2 amide bonds. The zero-order valence-corrected chi connectivity index (χ0v) is 14.8. The Morgan fingerprint density at radius 1 is 0.960 bits per heavy atom. The van der Waals surface area contributed by atoms with Gasteiger partial charge in [0.25, 0.3) is 0 Å². The van der Waals surface area contributed by atoms with Gasteiger partial charge in [-0.15, -0.1) is 0 Å². The van der Waals surface area contributed by atoms with Gasteiger partial charge in [0.1, 0.15) is 5.75 Å². The quantitative estimate of drug-likeness (QED) is 0.894. The molecule has 3 aliphatic rings. The largest absolute Gasteiger partial charge is 0.497 e. The first-order valence-corrected chi connectivity index (χ1v) is 9.36. The van der Waals surface area contributed by atoms with Gasteiger partial charge in [0.2, 0.25) is 11.8 Å². The van der Waals surface area contributed by atoms with Crippen molar-refractivity contribution in [3.8, 4) is 5.75 Å². The van der Waals surface area contributed by atoms with Gasteiger partial charge in [-0.2, -0.15) is 0 Å². The summed E-state index contributed by atoms with van der Waals surface area (Å²) in [4.78, 5) is 28.2. The topological polar surface area (TPSA) is 58.6 Å². The number of nitrogens with one attached hydrogen (secondary N) is 1. The van der Waals surface area contributed by atoms with Crippen LogP contribution in [0.4, 0.5) is 5.69 Å². The molecule has 1 aromatic rings. The standard InChI is InChI=1S/C20H26N2O3/c1-25-16-7-5-15(6-8-16)21-17(23)19(9-10-19)20(11-12-20)18(24)22-13-3-2-4-14-22/h5-8H,2-4,9-14H2,1H3,(H,21,23). The summed E-state index contributed by atoms with van der Waals surface area (Å²) in [6.45, 7) is 1.72. The highest BCUT2D eigenvalue weighted by Gasteiger charge is 2.73. The summed E-state index contributed by atoms with van der Waals surface area (Å²) in [7, 11) is 1.62. The van der Waals surface area contributed by atoms with Crippen molar-refractivity contribution >= 4 is 17.5 Å². The fraction of sp³-hybridized carbons (Fsp3) is 0.600. The van der Waals surface area contributed by atoms with E-state index < -0.39 is 10.8 Å². The first kappa shape index (κ1) is 16.4. The second-order valence-corrected chi connectivity index (χ2v) is 7.70. The molecule has 0 atom stereocenters. The molecular weight excluding hydrogens is 316 g/mol. The third kappa shape index (κ3) is 2.70. The summed E-state index contributed by atoms with van der Waals surface area (Å²) in [5, 5.41) is 3.03. The molecule has 1 saturated heterocycles. The summed E-state index contributed by atoms with van der Waals surface area (Å²) in [6.07, 6.45) is 6.76. The van der Waals surface area contributed by atoms with Crippen LogP contribution in [0.5, 0.6) is 5.75 Å². The lowest BCUT2D eigenvalue weighted by molar-refractivity contribution is -0.144. The maximum absolute atomic E-state index is 13.1. The Kier molecular flexibility index (Phi) is 3.97. The van der Waals surface area contributed by atoms with Crippen LogP contribution >= 0.6 is 0 Å². The van der Waals surface area contributed by atoms with Crippen molar-refractivity contribution in [2.45, 2.75) is 44.9 Å². The van der Waals surface area contributed by atoms with Crippen LogP contribution in [-0.4, -0.2) is 36.9 Å². The molecule has 0 spiro atoms. The van der Waals surface area contributed by atoms with Crippen molar-refractivity contribution in [2.24, 2.45) is 10.8 Å². The van der Waals surface area contributed by atoms with Gasteiger partial charge in [0.05, 0.1) is 17.9 Å². The third-order valence-corrected chi connectivity index (χ3v) is 6.25. The number of carbonyl (C=O) groups is 2. The normalized spacial score (nSPS) is 22.8. The zero-order chi connectivity index (χ0) is 17.5. The molecule has 25 heavy (non-hydrogen) atoms. The number of likely N-dealkylation sites (tertiary alicyclic amines) is 1. The summed E-state index contributed by atoms with van der Waals surface area (Å²) in [5.74, 6) is 1.01. The van der Waals surface area contributed by atoms with Gasteiger partial charge in [-0.05, 0) is 69.2 Å². The predicted octanol–water partition coefficient (Wildman–Crippen LogP) is 3.21. The van der Waals surface area contributed by atoms with Crippen molar-refractivity contribution in [1.29, 1.82) is 0 Å². The Balaban J connectivity index is 1.48. The molecule has 3 fully saturated rings. The smallest absolute Gasteiger partial charge is 0.231 e. The molecule has 134 valence electrons. The van der Waals surface area contributed by atoms with E-state index in [2.05, 4.69) is 5.32 Å². The molecule has 0 aromatic heterocycles. The highest BCUT2D eigenvalue weighted by Crippen LogP contribution is 2.71. The van der Waals surface area contributed by atoms with Crippen LogP contribution in [0.1, 0.15) is 44.9 Å². The molecule has 0 unspecified atom stereocenters. The number of anilines is 1. The number of carbonyl (C=O) groups excluding carboxylic acids is 2. The van der Waals surface area contributed by atoms with Crippen molar-refractivity contribution < 1.29 is 14.3 Å². The molecule has 1 aliphatic heterocycles. The van der Waals surface area contributed by atoms with Crippen LogP contribution in [0.25, 0.3) is 0 Å². The first-order chi connectivity index (χ1) is 12.1. The van der Waals surface area contributed by atoms with Crippen molar-refractivity contribution in [2.75, 3.05) is 25.5 Å². The summed E-state index contributed by atoms with van der Waals surface area (Å²) in [6, 6.07) is 7.36. The number of ether oxygens (including phenoxy) is 1. The van der Waals surface area contributed by atoms with E-state index in [4.69, 9.17) is 4.74 Å². The first-order valence-electron chi connectivity index (χ1n) is 9.36. The molecule has 0 bridgehead atoms. The van der Waals surface area contributed by atoms with Crippen LogP contribution < -0.4 is 10.1 Å². The lowest BCUT2D eigenvalue weighted by atomic mass is 9.82. The van der Waals surface area contributed by atoms with Gasteiger partial charge in [0, 0.05) is 18.8 Å². The predicted molar refractivity (Wildman–Crippen MR) is 95.4 cm³/mol. The molecule has 4 rings (SSSR count). The molecule has 5 nitrogen and oxygen atoms in total. The second kappa shape index (κ2) is 6.04. The lowest BCUT2D eigenvalue weighted by Crippen LogP contribution is -2.47. The average Bonchev–Trinajstić information content (AvgIpc) is 3.55. The van der Waals surface area contributed by atoms with Gasteiger partial charge < -0.3 is 15.0 Å². The highest BCUT2D eigenvalue weighted by molar-refractivity contribution is 6.03. The van der Waals surface area contributed by atoms with Crippen LogP contribution in [0.15, 0.2) is 24.3 Å². The van der Waals surface area contributed by atoms with E-state index in [-0.39, 0.29) is 11.8 Å². The van der Waals surface area contributed by atoms with E-state index >= 15 is 0 Å². The van der Waals surface area contributed by atoms with Gasteiger partial charge in [-0.25, -0.2) is 0 Å². The van der Waals surface area contributed by atoms with E-state index in [1.165, 1.54) is 6.42 Å².